The maximum absolute atomic E-state index is 12.6. The molecule has 2 aromatic carbocycles. The zero-order chi connectivity index (χ0) is 31.0. The van der Waals surface area contributed by atoms with Crippen LogP contribution in [0.2, 0.25) is 0 Å². The number of carbonyl (C=O) groups excluding carboxylic acids is 1. The quantitative estimate of drug-likeness (QED) is 0.331. The van der Waals surface area contributed by atoms with Gasteiger partial charge in [-0.2, -0.15) is 19.8 Å². The Hall–Kier alpha value is -4.82. The normalized spacial score (nSPS) is 14.2. The smallest absolute Gasteiger partial charge is 0.244 e. The molecule has 1 fully saturated rings. The van der Waals surface area contributed by atoms with E-state index in [1.54, 1.807) is 42.5 Å². The number of sulfonamides is 1. The summed E-state index contributed by atoms with van der Waals surface area (Å²) in [7, 11) is -3.19. The van der Waals surface area contributed by atoms with Gasteiger partial charge in [0.1, 0.15) is 5.75 Å². The van der Waals surface area contributed by atoms with Crippen molar-refractivity contribution in [3.05, 3.63) is 76.5 Å². The number of rotatable bonds is 10. The lowest BCUT2D eigenvalue weighted by Crippen LogP contribution is -2.49. The first kappa shape index (κ1) is 31.1. The van der Waals surface area contributed by atoms with Crippen molar-refractivity contribution in [1.29, 1.82) is 10.5 Å². The number of aryl methyl sites for hydroxylation is 2. The largest absolute Gasteiger partial charge is 0.438 e. The molecule has 1 aromatic heterocycles. The summed E-state index contributed by atoms with van der Waals surface area (Å²) >= 11 is 0. The van der Waals surface area contributed by atoms with Gasteiger partial charge in [-0.3, -0.25) is 9.69 Å². The molecule has 0 aliphatic carbocycles. The Labute approximate surface area is 251 Å². The highest BCUT2D eigenvalue weighted by molar-refractivity contribution is 7.88. The summed E-state index contributed by atoms with van der Waals surface area (Å²) in [5.41, 5.74) is 3.68. The van der Waals surface area contributed by atoms with Crippen LogP contribution in [0.5, 0.6) is 11.6 Å². The van der Waals surface area contributed by atoms with Crippen LogP contribution in [0.15, 0.2) is 48.7 Å². The summed E-state index contributed by atoms with van der Waals surface area (Å²) in [5.74, 6) is 0.680. The van der Waals surface area contributed by atoms with Gasteiger partial charge in [0.25, 0.3) is 0 Å². The Morgan fingerprint density at radius 1 is 1.05 bits per heavy atom. The molecule has 13 heteroatoms. The van der Waals surface area contributed by atoms with Crippen LogP contribution in [0.4, 0.5) is 11.6 Å². The first-order valence-electron chi connectivity index (χ1n) is 13.5. The minimum atomic E-state index is -3.19. The van der Waals surface area contributed by atoms with Gasteiger partial charge in [-0.1, -0.05) is 0 Å². The molecule has 1 aliphatic heterocycles. The molecular weight excluding hydrogens is 568 g/mol. The van der Waals surface area contributed by atoms with Crippen molar-refractivity contribution < 1.29 is 17.9 Å². The van der Waals surface area contributed by atoms with Crippen LogP contribution in [0.3, 0.4) is 0 Å². The number of nitrogens with one attached hydrogen (secondary N) is 2. The maximum atomic E-state index is 12.6. The van der Waals surface area contributed by atoms with E-state index in [9.17, 15) is 18.5 Å². The highest BCUT2D eigenvalue weighted by Crippen LogP contribution is 2.32. The average molecular weight is 601 g/mol. The van der Waals surface area contributed by atoms with E-state index in [1.807, 2.05) is 13.8 Å². The molecule has 43 heavy (non-hydrogen) atoms. The number of nitriles is 2. The second kappa shape index (κ2) is 13.9. The highest BCUT2D eigenvalue weighted by atomic mass is 32.2. The third kappa shape index (κ3) is 8.59. The van der Waals surface area contributed by atoms with Crippen LogP contribution >= 0.6 is 0 Å². The van der Waals surface area contributed by atoms with Gasteiger partial charge in [0.05, 0.1) is 35.1 Å². The van der Waals surface area contributed by atoms with E-state index in [0.29, 0.717) is 67.4 Å². The molecule has 0 spiro atoms. The van der Waals surface area contributed by atoms with Crippen molar-refractivity contribution in [1.82, 2.24) is 24.5 Å². The lowest BCUT2D eigenvalue weighted by Gasteiger charge is -2.33. The number of aromatic nitrogens is 2. The topological polar surface area (TPSA) is 164 Å². The Morgan fingerprint density at radius 3 is 2.30 bits per heavy atom. The molecular formula is C30H32N8O4S. The van der Waals surface area contributed by atoms with Crippen LogP contribution in [0.25, 0.3) is 6.08 Å². The standard InChI is InChI=1S/C30H32N8O4S/c1-21-16-24(19-32)17-22(2)28(21)42-29-25(20-34-30(36-29)35-26-7-4-23(18-31)5-8-26)6-9-27(39)33-10-11-37-12-14-38(15-13-37)43(3,40)41/h4-9,16-17,20H,10-15H2,1-3H3,(H,33,39)(H,34,35,36)/b9-6+. The second-order valence-corrected chi connectivity index (χ2v) is 12.0. The fourth-order valence-corrected chi connectivity index (χ4v) is 5.33. The van der Waals surface area contributed by atoms with E-state index < -0.39 is 10.0 Å². The van der Waals surface area contributed by atoms with Gasteiger partial charge in [-0.15, -0.1) is 0 Å². The van der Waals surface area contributed by atoms with Gasteiger partial charge in [-0.25, -0.2) is 13.4 Å². The number of amides is 1. The van der Waals surface area contributed by atoms with E-state index in [1.165, 1.54) is 22.8 Å². The summed E-state index contributed by atoms with van der Waals surface area (Å²) < 4.78 is 31.1. The SMILES string of the molecule is Cc1cc(C#N)cc(C)c1Oc1nc(Nc2ccc(C#N)cc2)ncc1/C=C/C(=O)NCCN1CCN(S(C)(=O)=O)CC1. The van der Waals surface area contributed by atoms with E-state index in [-0.39, 0.29) is 17.7 Å². The van der Waals surface area contributed by atoms with Crippen molar-refractivity contribution in [2.45, 2.75) is 13.8 Å². The monoisotopic (exact) mass is 600 g/mol. The third-order valence-electron chi connectivity index (χ3n) is 6.78. The van der Waals surface area contributed by atoms with Crippen LogP contribution in [0.1, 0.15) is 27.8 Å². The molecule has 0 radical (unpaired) electrons. The van der Waals surface area contributed by atoms with E-state index >= 15 is 0 Å². The molecule has 0 unspecified atom stereocenters. The van der Waals surface area contributed by atoms with Crippen molar-refractivity contribution in [2.75, 3.05) is 50.8 Å². The minimum absolute atomic E-state index is 0.204. The molecule has 0 bridgehead atoms. The van der Waals surface area contributed by atoms with Gasteiger partial charge in [0.15, 0.2) is 0 Å². The van der Waals surface area contributed by atoms with Gasteiger partial charge in [0.2, 0.25) is 27.8 Å². The second-order valence-electron chi connectivity index (χ2n) is 10.0. The molecule has 1 aliphatic rings. The lowest BCUT2D eigenvalue weighted by molar-refractivity contribution is -0.116. The fraction of sp³-hybridized carbons (Fsp3) is 0.300. The number of hydrogen-bond acceptors (Lipinski definition) is 10. The van der Waals surface area contributed by atoms with Crippen molar-refractivity contribution in [3.63, 3.8) is 0 Å². The summed E-state index contributed by atoms with van der Waals surface area (Å²) in [6.07, 6.45) is 5.69. The number of anilines is 2. The average Bonchev–Trinajstić information content (AvgIpc) is 2.98. The van der Waals surface area contributed by atoms with Gasteiger partial charge in [-0.05, 0) is 67.4 Å². The number of nitrogens with zero attached hydrogens (tertiary/aromatic N) is 6. The molecule has 2 N–H and O–H groups in total. The Bertz CT molecular complexity index is 1680. The van der Waals surface area contributed by atoms with Crippen LogP contribution in [-0.2, 0) is 14.8 Å². The molecule has 222 valence electrons. The summed E-state index contributed by atoms with van der Waals surface area (Å²) in [4.78, 5) is 23.6. The number of carbonyl (C=O) groups is 1. The van der Waals surface area contributed by atoms with Crippen molar-refractivity contribution >= 4 is 33.6 Å². The minimum Gasteiger partial charge on any atom is -0.438 e. The van der Waals surface area contributed by atoms with Crippen LogP contribution < -0.4 is 15.4 Å². The van der Waals surface area contributed by atoms with Gasteiger partial charge in [0, 0.05) is 57.2 Å². The molecule has 0 saturated carbocycles. The van der Waals surface area contributed by atoms with E-state index in [4.69, 9.17) is 10.00 Å². The molecule has 3 aromatic rings. The molecule has 1 saturated heterocycles. The zero-order valence-corrected chi connectivity index (χ0v) is 25.0. The maximum Gasteiger partial charge on any atom is 0.244 e. The number of piperazine rings is 1. The zero-order valence-electron chi connectivity index (χ0n) is 24.2. The molecule has 0 atom stereocenters. The lowest BCUT2D eigenvalue weighted by atomic mass is 10.1. The molecule has 4 rings (SSSR count). The summed E-state index contributed by atoms with van der Waals surface area (Å²) in [6.45, 7) is 6.75. The predicted molar refractivity (Wildman–Crippen MR) is 162 cm³/mol. The van der Waals surface area contributed by atoms with Crippen molar-refractivity contribution in [3.8, 4) is 23.8 Å². The number of benzene rings is 2. The molecule has 12 nitrogen and oxygen atoms in total. The predicted octanol–water partition coefficient (Wildman–Crippen LogP) is 3.08. The Kier molecular flexibility index (Phi) is 10.1. The Balaban J connectivity index is 1.46. The number of ether oxygens (including phenoxy) is 1. The van der Waals surface area contributed by atoms with Gasteiger partial charge < -0.3 is 15.4 Å². The third-order valence-corrected chi connectivity index (χ3v) is 8.08. The Morgan fingerprint density at radius 2 is 1.70 bits per heavy atom. The fourth-order valence-electron chi connectivity index (χ4n) is 4.51. The molecule has 1 amide bonds. The van der Waals surface area contributed by atoms with Gasteiger partial charge >= 0.3 is 0 Å². The van der Waals surface area contributed by atoms with Crippen LogP contribution in [0, 0.1) is 36.5 Å². The first-order valence-corrected chi connectivity index (χ1v) is 15.4. The van der Waals surface area contributed by atoms with E-state index in [0.717, 1.165) is 11.1 Å². The molecule has 2 heterocycles. The first-order chi connectivity index (χ1) is 20.5. The number of hydrogen-bond donors (Lipinski definition) is 2. The summed E-state index contributed by atoms with van der Waals surface area (Å²) in [6, 6.07) is 14.5. The van der Waals surface area contributed by atoms with Crippen LogP contribution in [-0.4, -0.2) is 79.0 Å². The highest BCUT2D eigenvalue weighted by Gasteiger charge is 2.23. The van der Waals surface area contributed by atoms with Crippen molar-refractivity contribution in [2.24, 2.45) is 0 Å². The summed E-state index contributed by atoms with van der Waals surface area (Å²) in [5, 5.41) is 24.3. The van der Waals surface area contributed by atoms with E-state index in [2.05, 4.69) is 37.6 Å².